The molecular formula is C19H20NP. The van der Waals surface area contributed by atoms with E-state index in [0.717, 1.165) is 6.42 Å². The van der Waals surface area contributed by atoms with Crippen molar-refractivity contribution in [2.75, 3.05) is 0 Å². The summed E-state index contributed by atoms with van der Waals surface area (Å²) in [5.41, 5.74) is 7.61. The fourth-order valence-electron chi connectivity index (χ4n) is 4.36. The van der Waals surface area contributed by atoms with Crippen LogP contribution in [0.5, 0.6) is 0 Å². The summed E-state index contributed by atoms with van der Waals surface area (Å²) in [6, 6.07) is 8.99. The van der Waals surface area contributed by atoms with E-state index in [1.165, 1.54) is 34.3 Å². The lowest BCUT2D eigenvalue weighted by Gasteiger charge is -2.27. The van der Waals surface area contributed by atoms with Crippen LogP contribution >= 0.6 is 7.69 Å². The Kier molecular flexibility index (Phi) is 2.78. The number of aromatic nitrogens is 1. The Labute approximate surface area is 127 Å². The predicted molar refractivity (Wildman–Crippen MR) is 90.9 cm³/mol. The molecule has 1 aromatic carbocycles. The van der Waals surface area contributed by atoms with Gasteiger partial charge < -0.3 is 0 Å². The maximum Gasteiger partial charge on any atom is 0.0348 e. The van der Waals surface area contributed by atoms with Crippen LogP contribution in [0.4, 0.5) is 0 Å². The number of benzene rings is 1. The monoisotopic (exact) mass is 293 g/mol. The zero-order valence-electron chi connectivity index (χ0n) is 12.9. The quantitative estimate of drug-likeness (QED) is 0.665. The van der Waals surface area contributed by atoms with Gasteiger partial charge in [-0.3, -0.25) is 0 Å². The van der Waals surface area contributed by atoms with E-state index in [4.69, 9.17) is 0 Å². The standard InChI is InChI=1S/C19H20NP/c1-4-14-15-8-6-7-9-17(15)19(16(14)5-2)10-13-12-20-21(3)18(13)11-19/h4-9,12H,10-11H2,1-3H3/b14-4-,16-5+. The van der Waals surface area contributed by atoms with E-state index < -0.39 is 0 Å². The Morgan fingerprint density at radius 3 is 2.67 bits per heavy atom. The largest absolute Gasteiger partial charge is 0.245 e. The molecule has 0 bridgehead atoms. The first-order valence-corrected chi connectivity index (χ1v) is 9.38. The first kappa shape index (κ1) is 13.1. The van der Waals surface area contributed by atoms with Crippen molar-refractivity contribution in [3.8, 4) is 0 Å². The zero-order chi connectivity index (χ0) is 14.6. The Morgan fingerprint density at radius 1 is 1.14 bits per heavy atom. The summed E-state index contributed by atoms with van der Waals surface area (Å²) in [5, 5.41) is 1.62. The van der Waals surface area contributed by atoms with E-state index in [9.17, 15) is 0 Å². The molecule has 21 heavy (non-hydrogen) atoms. The highest BCUT2D eigenvalue weighted by atomic mass is 31.1. The van der Waals surface area contributed by atoms with Crippen LogP contribution < -0.4 is 0 Å². The van der Waals surface area contributed by atoms with Gasteiger partial charge in [0.2, 0.25) is 0 Å². The molecule has 2 aliphatic rings. The number of nitrogens with zero attached hydrogens (tertiary/aromatic N) is 1. The van der Waals surface area contributed by atoms with Gasteiger partial charge in [-0.2, -0.15) is 0 Å². The highest BCUT2D eigenvalue weighted by molar-refractivity contribution is 7.44. The summed E-state index contributed by atoms with van der Waals surface area (Å²) in [6.07, 6.45) is 9.08. The Hall–Kier alpha value is -1.59. The summed E-state index contributed by atoms with van der Waals surface area (Å²) in [5.74, 6) is 0. The molecule has 1 spiro atoms. The molecule has 0 saturated carbocycles. The van der Waals surface area contributed by atoms with Crippen LogP contribution in [0.2, 0.25) is 0 Å². The third-order valence-corrected chi connectivity index (χ3v) is 6.91. The molecule has 2 atom stereocenters. The van der Waals surface area contributed by atoms with Crippen LogP contribution in [-0.2, 0) is 24.9 Å². The van der Waals surface area contributed by atoms with Gasteiger partial charge in [-0.25, -0.2) is 4.75 Å². The van der Waals surface area contributed by atoms with Crippen molar-refractivity contribution in [3.05, 3.63) is 70.2 Å². The second-order valence-electron chi connectivity index (χ2n) is 6.13. The number of fused-ring (bicyclic) bond motifs is 3. The third-order valence-electron chi connectivity index (χ3n) is 5.23. The van der Waals surface area contributed by atoms with Crippen molar-refractivity contribution in [2.45, 2.75) is 32.1 Å². The summed E-state index contributed by atoms with van der Waals surface area (Å²) in [6.45, 7) is 6.65. The van der Waals surface area contributed by atoms with Crippen LogP contribution in [0.1, 0.15) is 35.8 Å². The van der Waals surface area contributed by atoms with E-state index in [2.05, 4.69) is 67.9 Å². The van der Waals surface area contributed by atoms with Crippen molar-refractivity contribution in [1.82, 2.24) is 4.75 Å². The van der Waals surface area contributed by atoms with Crippen molar-refractivity contribution in [2.24, 2.45) is 6.66 Å². The maximum atomic E-state index is 4.65. The van der Waals surface area contributed by atoms with Crippen molar-refractivity contribution >= 4 is 13.3 Å². The van der Waals surface area contributed by atoms with Crippen LogP contribution in [-0.4, -0.2) is 4.75 Å². The molecule has 106 valence electrons. The van der Waals surface area contributed by atoms with Crippen molar-refractivity contribution in [1.29, 1.82) is 0 Å². The number of hydrogen-bond acceptors (Lipinski definition) is 1. The molecule has 4 rings (SSSR count). The molecule has 2 heteroatoms. The van der Waals surface area contributed by atoms with Crippen LogP contribution in [0.3, 0.4) is 0 Å². The van der Waals surface area contributed by atoms with Gasteiger partial charge in [0.15, 0.2) is 0 Å². The summed E-state index contributed by atoms with van der Waals surface area (Å²) < 4.78 is 4.65. The molecule has 0 radical (unpaired) electrons. The lowest BCUT2D eigenvalue weighted by Crippen LogP contribution is -2.26. The maximum absolute atomic E-state index is 4.65. The molecule has 0 saturated heterocycles. The average molecular weight is 293 g/mol. The molecule has 0 fully saturated rings. The van der Waals surface area contributed by atoms with E-state index in [1.807, 2.05) is 0 Å². The Bertz CT molecular complexity index is 794. The fourth-order valence-corrected chi connectivity index (χ4v) is 5.87. The molecule has 1 aromatic heterocycles. The van der Waals surface area contributed by atoms with Crippen molar-refractivity contribution < 1.29 is 0 Å². The number of aryl methyl sites for hydroxylation is 1. The van der Waals surface area contributed by atoms with Gasteiger partial charge in [0.25, 0.3) is 0 Å². The molecule has 0 amide bonds. The molecule has 2 aliphatic carbocycles. The van der Waals surface area contributed by atoms with E-state index in [-0.39, 0.29) is 13.1 Å². The van der Waals surface area contributed by atoms with E-state index in [1.54, 1.807) is 5.30 Å². The first-order valence-electron chi connectivity index (χ1n) is 7.64. The number of rotatable bonds is 0. The summed E-state index contributed by atoms with van der Waals surface area (Å²) >= 11 is 0. The lowest BCUT2D eigenvalue weighted by molar-refractivity contribution is 0.563. The van der Waals surface area contributed by atoms with Gasteiger partial charge in [0.1, 0.15) is 0 Å². The Balaban J connectivity index is 1.98. The lowest BCUT2D eigenvalue weighted by atomic mass is 9.75. The van der Waals surface area contributed by atoms with Gasteiger partial charge in [0.05, 0.1) is 0 Å². The average Bonchev–Trinajstić information content (AvgIpc) is 3.12. The van der Waals surface area contributed by atoms with Crippen LogP contribution in [0.15, 0.2) is 48.2 Å². The third kappa shape index (κ3) is 1.56. The second kappa shape index (κ2) is 4.45. The minimum absolute atomic E-state index is 0.181. The predicted octanol–water partition coefficient (Wildman–Crippen LogP) is 5.01. The van der Waals surface area contributed by atoms with Gasteiger partial charge >= 0.3 is 0 Å². The molecule has 2 unspecified atom stereocenters. The molecule has 1 heterocycles. The summed E-state index contributed by atoms with van der Waals surface area (Å²) in [4.78, 5) is 0. The molecule has 0 N–H and O–H groups in total. The molecule has 2 aromatic rings. The molecule has 1 nitrogen and oxygen atoms in total. The highest BCUT2D eigenvalue weighted by Gasteiger charge is 2.49. The second-order valence-corrected chi connectivity index (χ2v) is 7.94. The minimum atomic E-state index is -0.277. The normalized spacial score (nSPS) is 27.7. The SMILES string of the molecule is C/C=C1\C(=C/C)c2ccccc2C12Cc1cnp(C)c1C2. The smallest absolute Gasteiger partial charge is 0.0348 e. The van der Waals surface area contributed by atoms with Crippen molar-refractivity contribution in [3.63, 3.8) is 0 Å². The molecule has 0 aliphatic heterocycles. The Morgan fingerprint density at radius 2 is 1.95 bits per heavy atom. The number of allylic oxidation sites excluding steroid dienone is 4. The molecular weight excluding hydrogens is 273 g/mol. The van der Waals surface area contributed by atoms with Crippen LogP contribution in [0, 0.1) is 0 Å². The fraction of sp³-hybridized carbons (Fsp3) is 0.316. The van der Waals surface area contributed by atoms with E-state index in [0.29, 0.717) is 0 Å². The van der Waals surface area contributed by atoms with Gasteiger partial charge in [-0.15, -0.1) is 0 Å². The number of hydrogen-bond donors (Lipinski definition) is 0. The van der Waals surface area contributed by atoms with Gasteiger partial charge in [-0.1, -0.05) is 36.4 Å². The topological polar surface area (TPSA) is 12.9 Å². The zero-order valence-corrected chi connectivity index (χ0v) is 13.7. The highest BCUT2D eigenvalue weighted by Crippen LogP contribution is 2.58. The summed E-state index contributed by atoms with van der Waals surface area (Å²) in [7, 11) is -0.277. The van der Waals surface area contributed by atoms with Gasteiger partial charge in [-0.05, 0) is 74.2 Å². The van der Waals surface area contributed by atoms with E-state index >= 15 is 0 Å². The van der Waals surface area contributed by atoms with Crippen LogP contribution in [0.25, 0.3) is 5.57 Å². The first-order chi connectivity index (χ1) is 10.2. The van der Waals surface area contributed by atoms with Gasteiger partial charge in [0, 0.05) is 11.6 Å². The minimum Gasteiger partial charge on any atom is -0.245 e.